The highest BCUT2D eigenvalue weighted by Gasteiger charge is 2.36. The van der Waals surface area contributed by atoms with Gasteiger partial charge in [-0.15, -0.1) is 13.2 Å². The molecule has 2 aromatic carbocycles. The summed E-state index contributed by atoms with van der Waals surface area (Å²) in [5.74, 6) is -8.68. The topological polar surface area (TPSA) is 249 Å². The molecule has 3 aromatic rings. The van der Waals surface area contributed by atoms with E-state index in [1.165, 1.54) is 43.5 Å². The Morgan fingerprint density at radius 2 is 1.62 bits per heavy atom. The molecular weight excluding hydrogens is 805 g/mol. The second-order valence-corrected chi connectivity index (χ2v) is 12.8. The average molecular weight is 851 g/mol. The number of nitrogens with zero attached hydrogens (tertiary/aromatic N) is 1. The van der Waals surface area contributed by atoms with Crippen LogP contribution in [0.15, 0.2) is 52.9 Å². The summed E-state index contributed by atoms with van der Waals surface area (Å²) in [5.41, 5.74) is -0.419. The summed E-state index contributed by atoms with van der Waals surface area (Å²) in [6.07, 6.45) is -3.66. The summed E-state index contributed by atoms with van der Waals surface area (Å²) in [4.78, 5) is 92.6. The van der Waals surface area contributed by atoms with Crippen LogP contribution in [0, 0.1) is 5.92 Å². The molecule has 0 aliphatic carbocycles. The number of aliphatic carboxylic acids is 2. The van der Waals surface area contributed by atoms with Crippen molar-refractivity contribution in [1.29, 1.82) is 0 Å². The van der Waals surface area contributed by atoms with Crippen LogP contribution in [0.4, 0.5) is 13.2 Å². The van der Waals surface area contributed by atoms with Crippen LogP contribution in [-0.2, 0) is 24.0 Å². The van der Waals surface area contributed by atoms with E-state index in [0.717, 1.165) is 18.6 Å². The molecule has 0 spiro atoms. The van der Waals surface area contributed by atoms with Gasteiger partial charge in [0, 0.05) is 11.6 Å². The average Bonchev–Trinajstić information content (AvgIpc) is 3.69. The third-order valence-electron chi connectivity index (χ3n) is 8.73. The number of carboxylic acids is 2. The minimum Gasteiger partial charge on any atom is -0.497 e. The van der Waals surface area contributed by atoms with Gasteiger partial charge < -0.3 is 49.6 Å². The highest BCUT2D eigenvalue weighted by atomic mass is 19.4. The van der Waals surface area contributed by atoms with Gasteiger partial charge in [-0.1, -0.05) is 39.2 Å². The molecular formula is C39H45F3N4O14. The normalized spacial score (nSPS) is 12.5. The molecule has 0 unspecified atom stereocenters. The molecule has 0 aliphatic rings. The van der Waals surface area contributed by atoms with E-state index in [1.54, 1.807) is 13.8 Å². The Morgan fingerprint density at radius 1 is 0.900 bits per heavy atom. The quantitative estimate of drug-likeness (QED) is 0.0348. The highest BCUT2D eigenvalue weighted by molar-refractivity contribution is 6.00. The molecule has 0 saturated heterocycles. The van der Waals surface area contributed by atoms with Gasteiger partial charge in [0.2, 0.25) is 12.3 Å². The summed E-state index contributed by atoms with van der Waals surface area (Å²) in [5, 5.41) is 26.1. The van der Waals surface area contributed by atoms with Gasteiger partial charge in [-0.2, -0.15) is 5.06 Å². The van der Waals surface area contributed by atoms with Crippen molar-refractivity contribution in [3.63, 3.8) is 0 Å². The van der Waals surface area contributed by atoms with Crippen LogP contribution in [0.25, 0.3) is 11.3 Å². The number of benzene rings is 2. The number of hydrogen-bond acceptors (Lipinski definition) is 12. The molecule has 1 heterocycles. The number of furan rings is 1. The smallest absolute Gasteiger partial charge is 0.497 e. The lowest BCUT2D eigenvalue weighted by Gasteiger charge is -2.32. The Labute approximate surface area is 341 Å². The number of carbonyl (C=O) groups excluding carboxylic acids is 5. The fraction of sp³-hybridized carbons (Fsp3) is 0.410. The van der Waals surface area contributed by atoms with Gasteiger partial charge in [-0.25, -0.2) is 9.59 Å². The number of hydroxylamine groups is 2. The minimum atomic E-state index is -5.18. The monoisotopic (exact) mass is 850 g/mol. The van der Waals surface area contributed by atoms with Gasteiger partial charge >= 0.3 is 24.3 Å². The fourth-order valence-electron chi connectivity index (χ4n) is 5.87. The van der Waals surface area contributed by atoms with Crippen LogP contribution in [0.3, 0.4) is 0 Å². The molecule has 326 valence electrons. The molecule has 21 heteroatoms. The van der Waals surface area contributed by atoms with Crippen LogP contribution in [0.1, 0.15) is 90.6 Å². The van der Waals surface area contributed by atoms with Crippen molar-refractivity contribution in [3.8, 4) is 28.6 Å². The SMILES string of the molecule is CCCCC[C@@H](C(=O)NCNC(=O)c1ccc(-c2ccc(C(=O)N[C@@H](CC(=O)O)C(=O)O)c(OCC)c2)o1)[C@@H](CC)N(C=O)OC(=O)c1ccc(OC)cc1OC(F)(F)F. The lowest BCUT2D eigenvalue weighted by molar-refractivity contribution is -0.274. The molecule has 60 heavy (non-hydrogen) atoms. The van der Waals surface area contributed by atoms with Gasteiger partial charge in [-0.05, 0) is 56.2 Å². The summed E-state index contributed by atoms with van der Waals surface area (Å²) >= 11 is 0. The number of unbranched alkanes of at least 4 members (excludes halogenated alkanes) is 2. The van der Waals surface area contributed by atoms with Crippen molar-refractivity contribution in [2.75, 3.05) is 20.4 Å². The van der Waals surface area contributed by atoms with Crippen LogP contribution < -0.4 is 30.2 Å². The van der Waals surface area contributed by atoms with Crippen molar-refractivity contribution in [2.45, 2.75) is 77.7 Å². The zero-order valence-electron chi connectivity index (χ0n) is 33.0. The zero-order chi connectivity index (χ0) is 44.6. The maximum atomic E-state index is 13.6. The Balaban J connectivity index is 1.73. The molecule has 18 nitrogen and oxygen atoms in total. The lowest BCUT2D eigenvalue weighted by Crippen LogP contribution is -2.49. The summed E-state index contributed by atoms with van der Waals surface area (Å²) in [6.45, 7) is 4.84. The third-order valence-corrected chi connectivity index (χ3v) is 8.73. The number of halogens is 3. The van der Waals surface area contributed by atoms with Crippen molar-refractivity contribution < 1.29 is 80.4 Å². The van der Waals surface area contributed by atoms with E-state index >= 15 is 0 Å². The van der Waals surface area contributed by atoms with Crippen molar-refractivity contribution >= 4 is 42.0 Å². The number of ether oxygens (including phenoxy) is 3. The minimum absolute atomic E-state index is 0.0137. The maximum absolute atomic E-state index is 13.6. The number of methoxy groups -OCH3 is 1. The van der Waals surface area contributed by atoms with E-state index in [1.807, 2.05) is 6.92 Å². The first-order chi connectivity index (χ1) is 28.5. The third kappa shape index (κ3) is 13.7. The number of carbonyl (C=O) groups is 7. The van der Waals surface area contributed by atoms with E-state index in [9.17, 15) is 51.8 Å². The maximum Gasteiger partial charge on any atom is 0.573 e. The molecule has 0 fully saturated rings. The van der Waals surface area contributed by atoms with Crippen molar-refractivity contribution in [3.05, 3.63) is 65.4 Å². The number of alkyl halides is 3. The van der Waals surface area contributed by atoms with Crippen LogP contribution >= 0.6 is 0 Å². The Hall–Kier alpha value is -6.80. The van der Waals surface area contributed by atoms with E-state index in [2.05, 4.69) is 20.7 Å². The second-order valence-electron chi connectivity index (χ2n) is 12.8. The number of carboxylic acid groups (broad SMARTS) is 2. The zero-order valence-corrected chi connectivity index (χ0v) is 33.0. The molecule has 3 rings (SSSR count). The highest BCUT2D eigenvalue weighted by Crippen LogP contribution is 2.32. The summed E-state index contributed by atoms with van der Waals surface area (Å²) < 4.78 is 59.6. The van der Waals surface area contributed by atoms with Gasteiger partial charge in [0.25, 0.3) is 11.8 Å². The molecule has 0 saturated carbocycles. The van der Waals surface area contributed by atoms with E-state index in [0.29, 0.717) is 23.5 Å². The first-order valence-electron chi connectivity index (χ1n) is 18.5. The lowest BCUT2D eigenvalue weighted by atomic mass is 9.90. The van der Waals surface area contributed by atoms with Gasteiger partial charge in [0.05, 0.1) is 44.3 Å². The number of hydrogen-bond donors (Lipinski definition) is 5. The number of nitrogens with one attached hydrogen (secondary N) is 3. The first kappa shape index (κ1) is 47.6. The van der Waals surface area contributed by atoms with Crippen molar-refractivity contribution in [1.82, 2.24) is 21.0 Å². The van der Waals surface area contributed by atoms with Crippen LogP contribution in [-0.4, -0.2) is 96.1 Å². The summed E-state index contributed by atoms with van der Waals surface area (Å²) in [6, 6.07) is 7.10. The van der Waals surface area contributed by atoms with E-state index in [-0.39, 0.29) is 54.4 Å². The molecule has 5 N–H and O–H groups in total. The van der Waals surface area contributed by atoms with Crippen molar-refractivity contribution in [2.24, 2.45) is 5.92 Å². The largest absolute Gasteiger partial charge is 0.573 e. The fourth-order valence-corrected chi connectivity index (χ4v) is 5.87. The van der Waals surface area contributed by atoms with E-state index < -0.39 is 84.4 Å². The Morgan fingerprint density at radius 3 is 2.22 bits per heavy atom. The Kier molecular flexibility index (Phi) is 17.7. The predicted octanol–water partition coefficient (Wildman–Crippen LogP) is 4.92. The van der Waals surface area contributed by atoms with Crippen LogP contribution in [0.5, 0.6) is 17.2 Å². The molecule has 0 aliphatic heterocycles. The molecule has 0 bridgehead atoms. The standard InChI is InChI=1S/C39H45F3N4O14/c1-5-8-9-10-24(28(6-2)46(21-47)60-38(55)26-14-12-23(56-4)18-32(26)59-39(40,41)42)34(50)43-20-44-36(52)30-16-15-29(58-30)22-11-13-25(31(17-22)57-7-3)35(51)45-27(37(53)54)19-33(48)49/h11-18,21,24,27-28H,5-10,19-20H2,1-4H3,(H,43,50)(H,44,52)(H,45,51)(H,48,49)(H,53,54)/t24-,27+,28-/m1/s1. The Bertz CT molecular complexity index is 2000. The second kappa shape index (κ2) is 22.4. The van der Waals surface area contributed by atoms with Gasteiger partial charge in [0.1, 0.15) is 34.6 Å². The molecule has 4 amide bonds. The first-order valence-corrected chi connectivity index (χ1v) is 18.5. The molecule has 1 aromatic heterocycles. The van der Waals surface area contributed by atoms with Gasteiger partial charge in [-0.3, -0.25) is 24.0 Å². The van der Waals surface area contributed by atoms with E-state index in [4.69, 9.17) is 23.8 Å². The molecule has 3 atom stereocenters. The number of amides is 4. The summed E-state index contributed by atoms with van der Waals surface area (Å²) in [7, 11) is 1.19. The van der Waals surface area contributed by atoms with Crippen LogP contribution in [0.2, 0.25) is 0 Å². The molecule has 0 radical (unpaired) electrons. The number of rotatable bonds is 24. The predicted molar refractivity (Wildman–Crippen MR) is 202 cm³/mol. The van der Waals surface area contributed by atoms with Gasteiger partial charge in [0.15, 0.2) is 5.76 Å².